The van der Waals surface area contributed by atoms with E-state index < -0.39 is 0 Å². The Bertz CT molecular complexity index is 345. The van der Waals surface area contributed by atoms with Crippen LogP contribution in [0.15, 0.2) is 0 Å². The van der Waals surface area contributed by atoms with Gasteiger partial charge in [0.05, 0.1) is 0 Å². The molecule has 21 heavy (non-hydrogen) atoms. The van der Waals surface area contributed by atoms with E-state index in [-0.39, 0.29) is 17.7 Å². The molecule has 0 unspecified atom stereocenters. The van der Waals surface area contributed by atoms with Crippen molar-refractivity contribution in [3.05, 3.63) is 0 Å². The number of piperidine rings is 2. The first-order valence-corrected chi connectivity index (χ1v) is 8.47. The normalized spacial score (nSPS) is 21.3. The van der Waals surface area contributed by atoms with Crippen LogP contribution in [0.25, 0.3) is 0 Å². The van der Waals surface area contributed by atoms with Crippen molar-refractivity contribution in [2.24, 2.45) is 11.8 Å². The number of hydrogen-bond donors (Lipinski definition) is 2. The average molecular weight is 295 g/mol. The van der Waals surface area contributed by atoms with Crippen molar-refractivity contribution >= 4 is 11.8 Å². The quantitative estimate of drug-likeness (QED) is 0.799. The summed E-state index contributed by atoms with van der Waals surface area (Å²) < 4.78 is 0. The molecule has 2 amide bonds. The van der Waals surface area contributed by atoms with E-state index in [0.29, 0.717) is 18.9 Å². The second kappa shape index (κ2) is 8.37. The Morgan fingerprint density at radius 3 is 2.43 bits per heavy atom. The molecule has 2 aliphatic rings. The van der Waals surface area contributed by atoms with Gasteiger partial charge in [-0.1, -0.05) is 0 Å². The summed E-state index contributed by atoms with van der Waals surface area (Å²) in [4.78, 5) is 26.0. The first-order valence-electron chi connectivity index (χ1n) is 8.47. The number of nitrogens with one attached hydrogen (secondary N) is 2. The fourth-order valence-corrected chi connectivity index (χ4v) is 3.37. The van der Waals surface area contributed by atoms with Gasteiger partial charge in [0.1, 0.15) is 0 Å². The molecule has 0 aromatic rings. The fourth-order valence-electron chi connectivity index (χ4n) is 3.37. The lowest BCUT2D eigenvalue weighted by molar-refractivity contribution is -0.135. The predicted molar refractivity (Wildman–Crippen MR) is 82.8 cm³/mol. The fraction of sp³-hybridized carbons (Fsp3) is 0.875. The van der Waals surface area contributed by atoms with Crippen LogP contribution in [0.3, 0.4) is 0 Å². The van der Waals surface area contributed by atoms with Crippen LogP contribution in [0, 0.1) is 11.8 Å². The molecule has 2 N–H and O–H groups in total. The van der Waals surface area contributed by atoms with Crippen molar-refractivity contribution < 1.29 is 9.59 Å². The third kappa shape index (κ3) is 4.99. The summed E-state index contributed by atoms with van der Waals surface area (Å²) in [6.07, 6.45) is 5.72. The molecular weight excluding hydrogens is 266 g/mol. The molecule has 120 valence electrons. The van der Waals surface area contributed by atoms with Crippen molar-refractivity contribution in [2.45, 2.75) is 45.4 Å². The van der Waals surface area contributed by atoms with Gasteiger partial charge in [-0.05, 0) is 58.0 Å². The van der Waals surface area contributed by atoms with E-state index >= 15 is 0 Å². The number of hydrogen-bond acceptors (Lipinski definition) is 3. The summed E-state index contributed by atoms with van der Waals surface area (Å²) in [6, 6.07) is 0. The third-order valence-corrected chi connectivity index (χ3v) is 4.79. The highest BCUT2D eigenvalue weighted by atomic mass is 16.2. The minimum Gasteiger partial charge on any atom is -0.356 e. The molecular formula is C16H29N3O2. The highest BCUT2D eigenvalue weighted by Gasteiger charge is 2.27. The highest BCUT2D eigenvalue weighted by molar-refractivity contribution is 5.80. The van der Waals surface area contributed by atoms with Gasteiger partial charge in [-0.2, -0.15) is 0 Å². The van der Waals surface area contributed by atoms with Crippen molar-refractivity contribution in [3.63, 3.8) is 0 Å². The summed E-state index contributed by atoms with van der Waals surface area (Å²) in [5, 5.41) is 6.24. The summed E-state index contributed by atoms with van der Waals surface area (Å²) in [5.74, 6) is 1.24. The minimum absolute atomic E-state index is 0.0958. The number of amides is 2. The lowest BCUT2D eigenvalue weighted by Gasteiger charge is -2.32. The molecule has 0 atom stereocenters. The largest absolute Gasteiger partial charge is 0.356 e. The van der Waals surface area contributed by atoms with Gasteiger partial charge in [0.2, 0.25) is 11.8 Å². The molecule has 2 heterocycles. The molecule has 0 aliphatic carbocycles. The number of nitrogens with zero attached hydrogens (tertiary/aromatic N) is 1. The molecule has 0 spiro atoms. The van der Waals surface area contributed by atoms with Crippen LogP contribution in [0.2, 0.25) is 0 Å². The van der Waals surface area contributed by atoms with Gasteiger partial charge in [0.15, 0.2) is 0 Å². The van der Waals surface area contributed by atoms with Gasteiger partial charge in [0.25, 0.3) is 0 Å². The third-order valence-electron chi connectivity index (χ3n) is 4.79. The van der Waals surface area contributed by atoms with Crippen LogP contribution in [-0.2, 0) is 9.59 Å². The monoisotopic (exact) mass is 295 g/mol. The molecule has 0 aromatic carbocycles. The van der Waals surface area contributed by atoms with E-state index in [9.17, 15) is 9.59 Å². The van der Waals surface area contributed by atoms with Gasteiger partial charge in [0, 0.05) is 32.0 Å². The van der Waals surface area contributed by atoms with E-state index in [0.717, 1.165) is 45.4 Å². The van der Waals surface area contributed by atoms with E-state index in [1.54, 1.807) is 0 Å². The summed E-state index contributed by atoms with van der Waals surface area (Å²) in [6.45, 7) is 6.30. The Balaban J connectivity index is 1.66. The van der Waals surface area contributed by atoms with Crippen LogP contribution < -0.4 is 10.6 Å². The topological polar surface area (TPSA) is 61.4 Å². The molecule has 5 nitrogen and oxygen atoms in total. The van der Waals surface area contributed by atoms with Crippen LogP contribution in [-0.4, -0.2) is 49.4 Å². The Morgan fingerprint density at radius 2 is 1.81 bits per heavy atom. The SMILES string of the molecule is CCNC(=O)C1CCN(C(=O)CCC2CCNCC2)CC1. The maximum absolute atomic E-state index is 12.3. The first kappa shape index (κ1) is 16.3. The van der Waals surface area contributed by atoms with Gasteiger partial charge in [-0.15, -0.1) is 0 Å². The standard InChI is InChI=1S/C16H29N3O2/c1-2-18-16(21)14-7-11-19(12-8-14)15(20)4-3-13-5-9-17-10-6-13/h13-14,17H,2-12H2,1H3,(H,18,21). The van der Waals surface area contributed by atoms with Crippen molar-refractivity contribution in [1.82, 2.24) is 15.5 Å². The zero-order chi connectivity index (χ0) is 15.1. The summed E-state index contributed by atoms with van der Waals surface area (Å²) >= 11 is 0. The Kier molecular flexibility index (Phi) is 6.49. The minimum atomic E-state index is 0.0958. The molecule has 0 saturated carbocycles. The second-order valence-electron chi connectivity index (χ2n) is 6.28. The zero-order valence-corrected chi connectivity index (χ0v) is 13.2. The highest BCUT2D eigenvalue weighted by Crippen LogP contribution is 2.21. The second-order valence-corrected chi connectivity index (χ2v) is 6.28. The molecule has 2 saturated heterocycles. The Hall–Kier alpha value is -1.10. The van der Waals surface area contributed by atoms with Crippen LogP contribution >= 0.6 is 0 Å². The molecule has 0 radical (unpaired) electrons. The summed E-state index contributed by atoms with van der Waals surface area (Å²) in [7, 11) is 0. The van der Waals surface area contributed by atoms with Crippen molar-refractivity contribution in [1.29, 1.82) is 0 Å². The van der Waals surface area contributed by atoms with Gasteiger partial charge in [-0.3, -0.25) is 9.59 Å². The van der Waals surface area contributed by atoms with E-state index in [2.05, 4.69) is 10.6 Å². The van der Waals surface area contributed by atoms with E-state index in [1.807, 2.05) is 11.8 Å². The van der Waals surface area contributed by atoms with E-state index in [1.165, 1.54) is 12.8 Å². The van der Waals surface area contributed by atoms with Crippen molar-refractivity contribution in [2.75, 3.05) is 32.7 Å². The zero-order valence-electron chi connectivity index (χ0n) is 13.2. The Labute approximate surface area is 127 Å². The lowest BCUT2D eigenvalue weighted by Crippen LogP contribution is -2.43. The van der Waals surface area contributed by atoms with Gasteiger partial charge in [-0.25, -0.2) is 0 Å². The van der Waals surface area contributed by atoms with Crippen LogP contribution in [0.4, 0.5) is 0 Å². The molecule has 0 aromatic heterocycles. The van der Waals surface area contributed by atoms with Crippen molar-refractivity contribution in [3.8, 4) is 0 Å². The molecule has 2 fully saturated rings. The molecule has 2 aliphatic heterocycles. The smallest absolute Gasteiger partial charge is 0.223 e. The van der Waals surface area contributed by atoms with Crippen LogP contribution in [0.5, 0.6) is 0 Å². The number of carbonyl (C=O) groups is 2. The van der Waals surface area contributed by atoms with Gasteiger partial charge < -0.3 is 15.5 Å². The molecule has 2 rings (SSSR count). The number of likely N-dealkylation sites (tertiary alicyclic amines) is 1. The van der Waals surface area contributed by atoms with E-state index in [4.69, 9.17) is 0 Å². The van der Waals surface area contributed by atoms with Crippen LogP contribution in [0.1, 0.15) is 45.4 Å². The maximum Gasteiger partial charge on any atom is 0.223 e. The number of carbonyl (C=O) groups excluding carboxylic acids is 2. The molecule has 0 bridgehead atoms. The van der Waals surface area contributed by atoms with Gasteiger partial charge >= 0.3 is 0 Å². The lowest BCUT2D eigenvalue weighted by atomic mass is 9.92. The summed E-state index contributed by atoms with van der Waals surface area (Å²) in [5.41, 5.74) is 0. The maximum atomic E-state index is 12.3. The molecule has 5 heteroatoms. The Morgan fingerprint density at radius 1 is 1.14 bits per heavy atom. The predicted octanol–water partition coefficient (Wildman–Crippen LogP) is 1.14. The average Bonchev–Trinajstić information content (AvgIpc) is 2.54. The first-order chi connectivity index (χ1) is 10.2. The number of rotatable bonds is 5.